The Labute approximate surface area is 230 Å². The normalized spacial score (nSPS) is 15.6. The van der Waals surface area contributed by atoms with Gasteiger partial charge in [-0.2, -0.15) is 0 Å². The van der Waals surface area contributed by atoms with E-state index in [2.05, 4.69) is 22.5 Å². The lowest BCUT2D eigenvalue weighted by atomic mass is 10.1. The van der Waals surface area contributed by atoms with E-state index in [0.29, 0.717) is 17.1 Å². The van der Waals surface area contributed by atoms with E-state index in [1.165, 1.54) is 36.4 Å². The van der Waals surface area contributed by atoms with Crippen LogP contribution in [0.1, 0.15) is 51.3 Å². The highest BCUT2D eigenvalue weighted by Crippen LogP contribution is 2.40. The number of carbonyl (C=O) groups excluding carboxylic acids is 3. The molecule has 1 aliphatic carbocycles. The molecule has 5 N–H and O–H groups in total. The first kappa shape index (κ1) is 27.9. The number of benzene rings is 3. The first-order valence-electron chi connectivity index (χ1n) is 12.6. The Balaban J connectivity index is 1.48. The van der Waals surface area contributed by atoms with Gasteiger partial charge in [-0.3, -0.25) is 14.4 Å². The maximum absolute atomic E-state index is 13.1. The molecule has 3 amide bonds. The topological polar surface area (TPSA) is 154 Å². The van der Waals surface area contributed by atoms with E-state index in [-0.39, 0.29) is 40.2 Å². The number of phenols is 1. The molecule has 0 bridgehead atoms. The van der Waals surface area contributed by atoms with Gasteiger partial charge in [0.05, 0.1) is 22.8 Å². The summed E-state index contributed by atoms with van der Waals surface area (Å²) in [5, 5.41) is 28.1. The van der Waals surface area contributed by atoms with Crippen LogP contribution in [0.3, 0.4) is 0 Å². The van der Waals surface area contributed by atoms with Crippen LogP contribution in [0.15, 0.2) is 73.3 Å². The highest BCUT2D eigenvalue weighted by molar-refractivity contribution is 6.11. The van der Waals surface area contributed by atoms with Crippen LogP contribution >= 0.6 is 0 Å². The number of allylic oxidation sites excluding steroid dienone is 1. The molecule has 10 nitrogen and oxygen atoms in total. The van der Waals surface area contributed by atoms with E-state index in [4.69, 9.17) is 9.84 Å². The van der Waals surface area contributed by atoms with Gasteiger partial charge < -0.3 is 30.9 Å². The summed E-state index contributed by atoms with van der Waals surface area (Å²) in [7, 11) is 0. The zero-order chi connectivity index (χ0) is 29.0. The second kappa shape index (κ2) is 11.7. The van der Waals surface area contributed by atoms with E-state index >= 15 is 0 Å². The number of nitrogens with one attached hydrogen (secondary N) is 3. The van der Waals surface area contributed by atoms with Crippen molar-refractivity contribution >= 4 is 40.8 Å². The standard InChI is InChI=1S/C30H29N3O7/c1-4-17-15-24(17)29(37)33-21-11-9-20(10-12-21)32-28(36)23-14-13-22(25(34)26(23)40-16(2)3)27(35)31-19-7-5-18(6-8-19)30(38)39/h4-14,16-17,24,34H,1,15H2,2-3H3,(H,31,35)(H,32,36)(H,33,37)(H,38,39). The largest absolute Gasteiger partial charge is 0.504 e. The van der Waals surface area contributed by atoms with Crippen LogP contribution in [0.5, 0.6) is 11.5 Å². The molecule has 0 aliphatic heterocycles. The Morgan fingerprint density at radius 1 is 0.850 bits per heavy atom. The van der Waals surface area contributed by atoms with Crippen LogP contribution in [-0.4, -0.2) is 40.0 Å². The fourth-order valence-electron chi connectivity index (χ4n) is 4.03. The average molecular weight is 544 g/mol. The second-order valence-electron chi connectivity index (χ2n) is 9.60. The SMILES string of the molecule is C=CC1CC1C(=O)Nc1ccc(NC(=O)c2ccc(C(=O)Nc3ccc(C(=O)O)cc3)c(O)c2OC(C)C)cc1. The fourth-order valence-corrected chi connectivity index (χ4v) is 4.03. The molecule has 206 valence electrons. The van der Waals surface area contributed by atoms with Crippen molar-refractivity contribution in [3.63, 3.8) is 0 Å². The Bertz CT molecular complexity index is 1460. The smallest absolute Gasteiger partial charge is 0.335 e. The number of phenolic OH excluding ortho intramolecular Hbond substituents is 1. The zero-order valence-corrected chi connectivity index (χ0v) is 21.9. The molecule has 1 fully saturated rings. The lowest BCUT2D eigenvalue weighted by Crippen LogP contribution is -2.18. The van der Waals surface area contributed by atoms with E-state index in [9.17, 15) is 24.3 Å². The maximum atomic E-state index is 13.1. The summed E-state index contributed by atoms with van der Waals surface area (Å²) in [6.45, 7) is 7.13. The average Bonchev–Trinajstić information content (AvgIpc) is 3.71. The molecule has 0 saturated heterocycles. The van der Waals surface area contributed by atoms with Gasteiger partial charge in [0, 0.05) is 23.0 Å². The molecular weight excluding hydrogens is 514 g/mol. The van der Waals surface area contributed by atoms with Gasteiger partial charge in [0.1, 0.15) is 0 Å². The van der Waals surface area contributed by atoms with Crippen LogP contribution in [0.2, 0.25) is 0 Å². The fraction of sp³-hybridized carbons (Fsp3) is 0.200. The number of hydrogen-bond donors (Lipinski definition) is 5. The summed E-state index contributed by atoms with van der Waals surface area (Å²) < 4.78 is 5.72. The van der Waals surface area contributed by atoms with Crippen LogP contribution in [-0.2, 0) is 4.79 Å². The van der Waals surface area contributed by atoms with E-state index in [0.717, 1.165) is 6.42 Å². The number of aromatic hydroxyl groups is 1. The van der Waals surface area contributed by atoms with Gasteiger partial charge in [-0.1, -0.05) is 6.08 Å². The minimum absolute atomic E-state index is 0.00939. The van der Waals surface area contributed by atoms with E-state index in [1.807, 2.05) is 0 Å². The molecule has 1 aliphatic rings. The van der Waals surface area contributed by atoms with Crippen molar-refractivity contribution < 1.29 is 34.1 Å². The summed E-state index contributed by atoms with van der Waals surface area (Å²) >= 11 is 0. The van der Waals surface area contributed by atoms with Crippen LogP contribution in [0.4, 0.5) is 17.1 Å². The van der Waals surface area contributed by atoms with Gasteiger partial charge in [-0.05, 0) is 86.8 Å². The van der Waals surface area contributed by atoms with Crippen molar-refractivity contribution in [1.29, 1.82) is 0 Å². The molecule has 2 unspecified atom stereocenters. The summed E-state index contributed by atoms with van der Waals surface area (Å²) in [6.07, 6.45) is 2.14. The number of carbonyl (C=O) groups is 4. The number of hydrogen-bond acceptors (Lipinski definition) is 6. The maximum Gasteiger partial charge on any atom is 0.335 e. The van der Waals surface area contributed by atoms with Gasteiger partial charge >= 0.3 is 5.97 Å². The van der Waals surface area contributed by atoms with E-state index < -0.39 is 29.6 Å². The number of carboxylic acids is 1. The van der Waals surface area contributed by atoms with Crippen molar-refractivity contribution in [3.05, 3.63) is 90.0 Å². The molecule has 1 saturated carbocycles. The number of aromatic carboxylic acids is 1. The van der Waals surface area contributed by atoms with Crippen molar-refractivity contribution in [2.24, 2.45) is 11.8 Å². The highest BCUT2D eigenvalue weighted by Gasteiger charge is 2.40. The Hall–Kier alpha value is -5.12. The number of anilines is 3. The Morgan fingerprint density at radius 2 is 1.35 bits per heavy atom. The van der Waals surface area contributed by atoms with Crippen molar-refractivity contribution in [3.8, 4) is 11.5 Å². The number of carboxylic acid groups (broad SMARTS) is 1. The van der Waals surface area contributed by atoms with Crippen molar-refractivity contribution in [2.75, 3.05) is 16.0 Å². The molecule has 2 atom stereocenters. The molecule has 40 heavy (non-hydrogen) atoms. The predicted octanol–water partition coefficient (Wildman–Crippen LogP) is 5.14. The Kier molecular flexibility index (Phi) is 8.18. The van der Waals surface area contributed by atoms with Gasteiger partial charge in [0.2, 0.25) is 5.91 Å². The highest BCUT2D eigenvalue weighted by atomic mass is 16.5. The molecule has 10 heteroatoms. The molecule has 3 aromatic rings. The quantitative estimate of drug-likeness (QED) is 0.222. The molecule has 0 spiro atoms. The predicted molar refractivity (Wildman–Crippen MR) is 150 cm³/mol. The van der Waals surface area contributed by atoms with Gasteiger partial charge in [-0.15, -0.1) is 6.58 Å². The molecule has 4 rings (SSSR count). The monoisotopic (exact) mass is 543 g/mol. The third-order valence-electron chi connectivity index (χ3n) is 6.25. The third-order valence-corrected chi connectivity index (χ3v) is 6.25. The molecule has 0 heterocycles. The van der Waals surface area contributed by atoms with Gasteiger partial charge in [-0.25, -0.2) is 4.79 Å². The van der Waals surface area contributed by atoms with Crippen LogP contribution < -0.4 is 20.7 Å². The minimum atomic E-state index is -1.10. The second-order valence-corrected chi connectivity index (χ2v) is 9.60. The van der Waals surface area contributed by atoms with Crippen LogP contribution in [0, 0.1) is 11.8 Å². The lowest BCUT2D eigenvalue weighted by molar-refractivity contribution is -0.117. The first-order valence-corrected chi connectivity index (χ1v) is 12.6. The minimum Gasteiger partial charge on any atom is -0.504 e. The summed E-state index contributed by atoms with van der Waals surface area (Å²) in [6, 6.07) is 14.8. The number of amides is 3. The van der Waals surface area contributed by atoms with Crippen LogP contribution in [0.25, 0.3) is 0 Å². The zero-order valence-electron chi connectivity index (χ0n) is 21.9. The summed E-state index contributed by atoms with van der Waals surface area (Å²) in [4.78, 5) is 49.3. The summed E-state index contributed by atoms with van der Waals surface area (Å²) in [5.41, 5.74) is 1.29. The Morgan fingerprint density at radius 3 is 1.85 bits per heavy atom. The molecule has 3 aromatic carbocycles. The van der Waals surface area contributed by atoms with E-state index in [1.54, 1.807) is 44.2 Å². The number of rotatable bonds is 10. The number of ether oxygens (including phenoxy) is 1. The van der Waals surface area contributed by atoms with Gasteiger partial charge in [0.25, 0.3) is 11.8 Å². The summed E-state index contributed by atoms with van der Waals surface area (Å²) in [5.74, 6) is -2.96. The molecular formula is C30H29N3O7. The first-order chi connectivity index (χ1) is 19.1. The van der Waals surface area contributed by atoms with Crippen molar-refractivity contribution in [1.82, 2.24) is 0 Å². The molecule has 0 radical (unpaired) electrons. The molecule has 0 aromatic heterocycles. The van der Waals surface area contributed by atoms with Crippen molar-refractivity contribution in [2.45, 2.75) is 26.4 Å². The lowest BCUT2D eigenvalue weighted by Gasteiger charge is -2.18. The third kappa shape index (κ3) is 6.47. The van der Waals surface area contributed by atoms with Gasteiger partial charge in [0.15, 0.2) is 11.5 Å².